The monoisotopic (exact) mass is 232 g/mol. The Kier molecular flexibility index (Phi) is 4.43. The number of hydrogen-bond acceptors (Lipinski definition) is 2. The molecule has 1 aliphatic heterocycles. The third-order valence-corrected chi connectivity index (χ3v) is 3.36. The topological polar surface area (TPSA) is 24.1 Å². The maximum atomic E-state index is 3.53. The summed E-state index contributed by atoms with van der Waals surface area (Å²) in [5.74, 6) is 1.53. The fraction of sp³-hybridized carbons (Fsp3) is 0.600. The lowest BCUT2D eigenvalue weighted by Crippen LogP contribution is -2.17. The Morgan fingerprint density at radius 2 is 2.06 bits per heavy atom. The molecular weight excluding hydrogens is 208 g/mol. The van der Waals surface area contributed by atoms with E-state index >= 15 is 0 Å². The van der Waals surface area contributed by atoms with Crippen LogP contribution < -0.4 is 10.6 Å². The van der Waals surface area contributed by atoms with Crippen LogP contribution in [-0.2, 0) is 6.42 Å². The van der Waals surface area contributed by atoms with Crippen LogP contribution >= 0.6 is 0 Å². The largest absolute Gasteiger partial charge is 0.385 e. The Morgan fingerprint density at radius 3 is 2.65 bits per heavy atom. The molecule has 1 unspecified atom stereocenters. The predicted octanol–water partition coefficient (Wildman–Crippen LogP) is 2.91. The van der Waals surface area contributed by atoms with Crippen LogP contribution in [0.1, 0.15) is 25.8 Å². The molecule has 0 radical (unpaired) electrons. The molecule has 2 heteroatoms. The molecular formula is C15H24N2. The molecule has 1 fully saturated rings. The smallest absolute Gasteiger partial charge is 0.0340 e. The van der Waals surface area contributed by atoms with Crippen LogP contribution in [0.15, 0.2) is 24.3 Å². The molecule has 1 aliphatic rings. The molecule has 1 aromatic rings. The third kappa shape index (κ3) is 4.04. The highest BCUT2D eigenvalue weighted by atomic mass is 14.9. The van der Waals surface area contributed by atoms with Crippen LogP contribution in [0.25, 0.3) is 0 Å². The van der Waals surface area contributed by atoms with Crippen LogP contribution in [0.2, 0.25) is 0 Å². The van der Waals surface area contributed by atoms with Crippen LogP contribution in [0.5, 0.6) is 0 Å². The van der Waals surface area contributed by atoms with Crippen molar-refractivity contribution in [3.63, 3.8) is 0 Å². The summed E-state index contributed by atoms with van der Waals surface area (Å²) in [6.07, 6.45) is 2.48. The Labute approximate surface area is 105 Å². The first-order valence-electron chi connectivity index (χ1n) is 6.77. The van der Waals surface area contributed by atoms with Gasteiger partial charge in [-0.25, -0.2) is 0 Å². The molecule has 0 bridgehead atoms. The number of nitrogens with one attached hydrogen (secondary N) is 2. The molecule has 2 nitrogen and oxygen atoms in total. The molecule has 0 aromatic heterocycles. The molecule has 2 rings (SSSR count). The van der Waals surface area contributed by atoms with E-state index in [4.69, 9.17) is 0 Å². The van der Waals surface area contributed by atoms with E-state index in [0.29, 0.717) is 0 Å². The number of benzene rings is 1. The van der Waals surface area contributed by atoms with Crippen molar-refractivity contribution in [2.45, 2.75) is 26.7 Å². The molecule has 1 atom stereocenters. The van der Waals surface area contributed by atoms with E-state index in [9.17, 15) is 0 Å². The first-order chi connectivity index (χ1) is 8.24. The minimum Gasteiger partial charge on any atom is -0.385 e. The Balaban J connectivity index is 1.80. The molecule has 1 heterocycles. The second-order valence-electron chi connectivity index (χ2n) is 5.53. The van der Waals surface area contributed by atoms with Crippen molar-refractivity contribution in [2.24, 2.45) is 11.8 Å². The Hall–Kier alpha value is -1.02. The van der Waals surface area contributed by atoms with E-state index in [1.807, 2.05) is 0 Å². The lowest BCUT2D eigenvalue weighted by Gasteiger charge is -2.12. The zero-order valence-corrected chi connectivity index (χ0v) is 11.0. The number of rotatable bonds is 5. The minimum absolute atomic E-state index is 0.735. The summed E-state index contributed by atoms with van der Waals surface area (Å²) in [5.41, 5.74) is 2.69. The molecule has 0 aliphatic carbocycles. The molecule has 0 amide bonds. The van der Waals surface area contributed by atoms with Gasteiger partial charge in [-0.1, -0.05) is 26.0 Å². The van der Waals surface area contributed by atoms with Crippen molar-refractivity contribution in [2.75, 3.05) is 25.0 Å². The van der Waals surface area contributed by atoms with Crippen molar-refractivity contribution >= 4 is 5.69 Å². The molecule has 94 valence electrons. The summed E-state index contributed by atoms with van der Waals surface area (Å²) >= 11 is 0. The summed E-state index contributed by atoms with van der Waals surface area (Å²) in [5, 5.41) is 6.93. The van der Waals surface area contributed by atoms with Crippen molar-refractivity contribution in [3.8, 4) is 0 Å². The van der Waals surface area contributed by atoms with Gasteiger partial charge in [-0.3, -0.25) is 0 Å². The van der Waals surface area contributed by atoms with Gasteiger partial charge >= 0.3 is 0 Å². The van der Waals surface area contributed by atoms with E-state index in [1.165, 1.54) is 37.2 Å². The Morgan fingerprint density at radius 1 is 1.29 bits per heavy atom. The van der Waals surface area contributed by atoms with Gasteiger partial charge < -0.3 is 10.6 Å². The number of hydrogen-bond donors (Lipinski definition) is 2. The van der Waals surface area contributed by atoms with Gasteiger partial charge in [0.1, 0.15) is 0 Å². The summed E-state index contributed by atoms with van der Waals surface area (Å²) in [6, 6.07) is 8.91. The molecule has 2 N–H and O–H groups in total. The predicted molar refractivity (Wildman–Crippen MR) is 74.5 cm³/mol. The van der Waals surface area contributed by atoms with Gasteiger partial charge in [-0.2, -0.15) is 0 Å². The minimum atomic E-state index is 0.735. The zero-order chi connectivity index (χ0) is 12.1. The van der Waals surface area contributed by atoms with Crippen LogP contribution in [0.4, 0.5) is 5.69 Å². The first-order valence-corrected chi connectivity index (χ1v) is 6.77. The fourth-order valence-corrected chi connectivity index (χ4v) is 2.38. The fourth-order valence-electron chi connectivity index (χ4n) is 2.38. The highest BCUT2D eigenvalue weighted by Gasteiger charge is 2.13. The summed E-state index contributed by atoms with van der Waals surface area (Å²) < 4.78 is 0. The first kappa shape index (κ1) is 12.4. The summed E-state index contributed by atoms with van der Waals surface area (Å²) in [7, 11) is 0. The lowest BCUT2D eigenvalue weighted by molar-refractivity contribution is 0.615. The second kappa shape index (κ2) is 6.06. The molecule has 0 spiro atoms. The number of anilines is 1. The van der Waals surface area contributed by atoms with Crippen molar-refractivity contribution in [1.29, 1.82) is 0 Å². The van der Waals surface area contributed by atoms with Crippen LogP contribution in [0, 0.1) is 11.8 Å². The van der Waals surface area contributed by atoms with Gasteiger partial charge in [-0.15, -0.1) is 0 Å². The Bertz CT molecular complexity index is 323. The van der Waals surface area contributed by atoms with E-state index in [2.05, 4.69) is 48.7 Å². The van der Waals surface area contributed by atoms with E-state index in [-0.39, 0.29) is 0 Å². The van der Waals surface area contributed by atoms with Crippen molar-refractivity contribution < 1.29 is 0 Å². The average Bonchev–Trinajstić information content (AvgIpc) is 2.80. The quantitative estimate of drug-likeness (QED) is 0.815. The van der Waals surface area contributed by atoms with Crippen LogP contribution in [0.3, 0.4) is 0 Å². The van der Waals surface area contributed by atoms with Gasteiger partial charge in [0, 0.05) is 12.2 Å². The maximum Gasteiger partial charge on any atom is 0.0340 e. The summed E-state index contributed by atoms with van der Waals surface area (Å²) in [6.45, 7) is 7.97. The van der Waals surface area contributed by atoms with Crippen LogP contribution in [-0.4, -0.2) is 19.6 Å². The third-order valence-electron chi connectivity index (χ3n) is 3.36. The average molecular weight is 232 g/mol. The molecule has 1 saturated heterocycles. The molecule has 1 aromatic carbocycles. The maximum absolute atomic E-state index is 3.53. The zero-order valence-electron chi connectivity index (χ0n) is 11.0. The van der Waals surface area contributed by atoms with E-state index < -0.39 is 0 Å². The van der Waals surface area contributed by atoms with Crippen molar-refractivity contribution in [3.05, 3.63) is 29.8 Å². The highest BCUT2D eigenvalue weighted by Crippen LogP contribution is 2.14. The standard InChI is InChI=1S/C15H24N2/c1-12(2)9-13-3-5-15(6-4-13)17-11-14-7-8-16-10-14/h3-6,12,14,16-17H,7-11H2,1-2H3. The van der Waals surface area contributed by atoms with Gasteiger partial charge in [0.05, 0.1) is 0 Å². The molecule has 0 saturated carbocycles. The lowest BCUT2D eigenvalue weighted by atomic mass is 10.0. The second-order valence-corrected chi connectivity index (χ2v) is 5.53. The van der Waals surface area contributed by atoms with Gasteiger partial charge in [0.25, 0.3) is 0 Å². The van der Waals surface area contributed by atoms with Gasteiger partial charge in [0.15, 0.2) is 0 Å². The van der Waals surface area contributed by atoms with E-state index in [1.54, 1.807) is 0 Å². The van der Waals surface area contributed by atoms with Crippen molar-refractivity contribution in [1.82, 2.24) is 5.32 Å². The van der Waals surface area contributed by atoms with E-state index in [0.717, 1.165) is 18.4 Å². The molecule has 17 heavy (non-hydrogen) atoms. The highest BCUT2D eigenvalue weighted by molar-refractivity contribution is 5.44. The van der Waals surface area contributed by atoms with Gasteiger partial charge in [-0.05, 0) is 55.5 Å². The van der Waals surface area contributed by atoms with Gasteiger partial charge in [0.2, 0.25) is 0 Å². The SMILES string of the molecule is CC(C)Cc1ccc(NCC2CCNC2)cc1. The summed E-state index contributed by atoms with van der Waals surface area (Å²) in [4.78, 5) is 0. The normalized spacial score (nSPS) is 19.8.